The fourth-order valence-electron chi connectivity index (χ4n) is 2.56. The third-order valence-corrected chi connectivity index (χ3v) is 5.26. The van der Waals surface area contributed by atoms with Gasteiger partial charge in [0.05, 0.1) is 5.69 Å². The molecule has 3 rings (SSSR count). The van der Waals surface area contributed by atoms with Gasteiger partial charge in [-0.3, -0.25) is 0 Å². The van der Waals surface area contributed by atoms with Crippen LogP contribution in [-0.2, 0) is 10.0 Å². The maximum atomic E-state index is 13.7. The lowest BCUT2D eigenvalue weighted by Gasteiger charge is -2.10. The number of anilines is 1. The molecule has 0 aliphatic carbocycles. The van der Waals surface area contributed by atoms with Gasteiger partial charge in [0, 0.05) is 24.8 Å². The van der Waals surface area contributed by atoms with Crippen molar-refractivity contribution < 1.29 is 17.2 Å². The molecule has 28 heavy (non-hydrogen) atoms. The van der Waals surface area contributed by atoms with Crippen molar-refractivity contribution in [3.63, 3.8) is 0 Å². The Kier molecular flexibility index (Phi) is 5.66. The predicted octanol–water partition coefficient (Wildman–Crippen LogP) is 1.95. The maximum absolute atomic E-state index is 13.7. The Hall–Kier alpha value is -2.92. The summed E-state index contributed by atoms with van der Waals surface area (Å²) < 4.78 is 55.0. The Labute approximate surface area is 160 Å². The van der Waals surface area contributed by atoms with E-state index in [2.05, 4.69) is 25.1 Å². The van der Waals surface area contributed by atoms with Gasteiger partial charge in [-0.25, -0.2) is 36.6 Å². The zero-order valence-electron chi connectivity index (χ0n) is 15.1. The summed E-state index contributed by atoms with van der Waals surface area (Å²) in [6.07, 6.45) is 1.36. The average Bonchev–Trinajstić information content (AvgIpc) is 2.99. The molecule has 0 fully saturated rings. The number of aromatic nitrogens is 4. The number of sulfonamides is 1. The standard InChI is InChI=1S/C17H18F2N6O2S/c1-11-7-12(2)25(24-11)17-9-16(21-10-22-17)20-5-6-23-28(26,27)15-8-13(18)3-4-14(15)19/h3-4,7-10,23H,5-6H2,1-2H3,(H,20,21,22). The van der Waals surface area contributed by atoms with Crippen LogP contribution in [0.1, 0.15) is 11.4 Å². The molecule has 0 amide bonds. The highest BCUT2D eigenvalue weighted by molar-refractivity contribution is 7.89. The smallest absolute Gasteiger partial charge is 0.243 e. The molecule has 148 valence electrons. The first-order chi connectivity index (χ1) is 13.3. The highest BCUT2D eigenvalue weighted by atomic mass is 32.2. The normalized spacial score (nSPS) is 11.6. The van der Waals surface area contributed by atoms with E-state index in [1.807, 2.05) is 19.9 Å². The van der Waals surface area contributed by atoms with Gasteiger partial charge >= 0.3 is 0 Å². The molecule has 8 nitrogen and oxygen atoms in total. The van der Waals surface area contributed by atoms with Crippen LogP contribution in [-0.4, -0.2) is 41.3 Å². The molecule has 0 saturated heterocycles. The van der Waals surface area contributed by atoms with Crippen LogP contribution in [0.4, 0.5) is 14.6 Å². The maximum Gasteiger partial charge on any atom is 0.243 e. The van der Waals surface area contributed by atoms with E-state index in [9.17, 15) is 17.2 Å². The average molecular weight is 408 g/mol. The highest BCUT2D eigenvalue weighted by Crippen LogP contribution is 2.15. The third kappa shape index (κ3) is 4.49. The number of benzene rings is 1. The molecular weight excluding hydrogens is 390 g/mol. The summed E-state index contributed by atoms with van der Waals surface area (Å²) in [5, 5.41) is 7.28. The summed E-state index contributed by atoms with van der Waals surface area (Å²) in [5.74, 6) is -0.830. The summed E-state index contributed by atoms with van der Waals surface area (Å²) in [4.78, 5) is 7.50. The van der Waals surface area contributed by atoms with Gasteiger partial charge in [0.1, 0.15) is 28.7 Å². The van der Waals surface area contributed by atoms with Crippen molar-refractivity contribution in [2.24, 2.45) is 0 Å². The molecule has 0 bridgehead atoms. The summed E-state index contributed by atoms with van der Waals surface area (Å²) in [7, 11) is -4.17. The van der Waals surface area contributed by atoms with Gasteiger partial charge in [0.15, 0.2) is 5.82 Å². The van der Waals surface area contributed by atoms with Crippen LogP contribution in [0.5, 0.6) is 0 Å². The van der Waals surface area contributed by atoms with Gasteiger partial charge in [0.2, 0.25) is 10.0 Å². The van der Waals surface area contributed by atoms with E-state index in [1.165, 1.54) is 6.33 Å². The highest BCUT2D eigenvalue weighted by Gasteiger charge is 2.19. The number of hydrogen-bond donors (Lipinski definition) is 2. The Morgan fingerprint density at radius 3 is 2.57 bits per heavy atom. The van der Waals surface area contributed by atoms with E-state index < -0.39 is 26.6 Å². The molecule has 2 N–H and O–H groups in total. The quantitative estimate of drug-likeness (QED) is 0.580. The first-order valence-electron chi connectivity index (χ1n) is 8.30. The zero-order chi connectivity index (χ0) is 20.3. The van der Waals surface area contributed by atoms with Crippen molar-refractivity contribution in [1.82, 2.24) is 24.5 Å². The predicted molar refractivity (Wildman–Crippen MR) is 98.7 cm³/mol. The number of rotatable bonds is 7. The monoisotopic (exact) mass is 408 g/mol. The lowest BCUT2D eigenvalue weighted by molar-refractivity contribution is 0.546. The first kappa shape index (κ1) is 19.8. The fraction of sp³-hybridized carbons (Fsp3) is 0.235. The molecule has 0 radical (unpaired) electrons. The second-order valence-corrected chi connectivity index (χ2v) is 7.74. The molecule has 1 aromatic carbocycles. The minimum absolute atomic E-state index is 0.0580. The number of nitrogens with one attached hydrogen (secondary N) is 2. The van der Waals surface area contributed by atoms with Crippen molar-refractivity contribution in [1.29, 1.82) is 0 Å². The fourth-order valence-corrected chi connectivity index (χ4v) is 3.68. The lowest BCUT2D eigenvalue weighted by Crippen LogP contribution is -2.29. The van der Waals surface area contributed by atoms with Gasteiger partial charge < -0.3 is 5.32 Å². The molecule has 3 aromatic rings. The van der Waals surface area contributed by atoms with E-state index in [4.69, 9.17) is 0 Å². The zero-order valence-corrected chi connectivity index (χ0v) is 16.0. The molecule has 0 aliphatic heterocycles. The van der Waals surface area contributed by atoms with E-state index in [0.29, 0.717) is 17.7 Å². The van der Waals surface area contributed by atoms with Crippen LogP contribution >= 0.6 is 0 Å². The van der Waals surface area contributed by atoms with Crippen LogP contribution in [0.3, 0.4) is 0 Å². The molecule has 0 spiro atoms. The topological polar surface area (TPSA) is 102 Å². The van der Waals surface area contributed by atoms with E-state index in [1.54, 1.807) is 10.7 Å². The summed E-state index contributed by atoms with van der Waals surface area (Å²) in [5.41, 5.74) is 1.76. The van der Waals surface area contributed by atoms with E-state index >= 15 is 0 Å². The van der Waals surface area contributed by atoms with Gasteiger partial charge in [-0.15, -0.1) is 0 Å². The number of aryl methyl sites for hydroxylation is 2. The number of hydrogen-bond acceptors (Lipinski definition) is 6. The van der Waals surface area contributed by atoms with Crippen molar-refractivity contribution in [2.75, 3.05) is 18.4 Å². The summed E-state index contributed by atoms with van der Waals surface area (Å²) in [6.45, 7) is 3.88. The second kappa shape index (κ2) is 7.98. The Morgan fingerprint density at radius 1 is 1.07 bits per heavy atom. The van der Waals surface area contributed by atoms with Crippen LogP contribution in [0, 0.1) is 25.5 Å². The molecule has 0 atom stereocenters. The third-order valence-electron chi connectivity index (χ3n) is 3.79. The van der Waals surface area contributed by atoms with Gasteiger partial charge in [-0.2, -0.15) is 5.10 Å². The van der Waals surface area contributed by atoms with E-state index in [-0.39, 0.29) is 13.1 Å². The number of halogens is 2. The van der Waals surface area contributed by atoms with Crippen molar-refractivity contribution in [3.05, 3.63) is 59.7 Å². The van der Waals surface area contributed by atoms with Crippen molar-refractivity contribution in [2.45, 2.75) is 18.7 Å². The Balaban J connectivity index is 1.62. The van der Waals surface area contributed by atoms with Crippen molar-refractivity contribution >= 4 is 15.8 Å². The van der Waals surface area contributed by atoms with Crippen LogP contribution in [0.2, 0.25) is 0 Å². The largest absolute Gasteiger partial charge is 0.369 e. The number of nitrogens with zero attached hydrogens (tertiary/aromatic N) is 4. The Bertz CT molecular complexity index is 1100. The Morgan fingerprint density at radius 2 is 1.86 bits per heavy atom. The van der Waals surface area contributed by atoms with Crippen molar-refractivity contribution in [3.8, 4) is 5.82 Å². The second-order valence-electron chi connectivity index (χ2n) is 6.00. The minimum Gasteiger partial charge on any atom is -0.369 e. The van der Waals surface area contributed by atoms with Gasteiger partial charge in [-0.05, 0) is 38.1 Å². The molecule has 11 heteroatoms. The molecule has 0 saturated carbocycles. The minimum atomic E-state index is -4.17. The summed E-state index contributed by atoms with van der Waals surface area (Å²) >= 11 is 0. The van der Waals surface area contributed by atoms with Crippen LogP contribution < -0.4 is 10.0 Å². The lowest BCUT2D eigenvalue weighted by atomic mass is 10.3. The molecular formula is C17H18F2N6O2S. The molecule has 2 heterocycles. The van der Waals surface area contributed by atoms with Crippen LogP contribution in [0.25, 0.3) is 5.82 Å². The molecule has 0 unspecified atom stereocenters. The van der Waals surface area contributed by atoms with Gasteiger partial charge in [-0.1, -0.05) is 0 Å². The molecule has 2 aromatic heterocycles. The van der Waals surface area contributed by atoms with Crippen LogP contribution in [0.15, 0.2) is 41.6 Å². The first-order valence-corrected chi connectivity index (χ1v) is 9.79. The summed E-state index contributed by atoms with van der Waals surface area (Å²) in [6, 6.07) is 5.83. The van der Waals surface area contributed by atoms with Gasteiger partial charge in [0.25, 0.3) is 0 Å². The van der Waals surface area contributed by atoms with E-state index in [0.717, 1.165) is 23.5 Å². The SMILES string of the molecule is Cc1cc(C)n(-c2cc(NCCNS(=O)(=O)c3cc(F)ccc3F)ncn2)n1. The molecule has 0 aliphatic rings.